The minimum Gasteiger partial charge on any atom is -0.374 e. The maximum absolute atomic E-state index is 11.8. The van der Waals surface area contributed by atoms with E-state index in [1.165, 1.54) is 0 Å². The molecule has 0 saturated carbocycles. The average molecular weight is 281 g/mol. The molecule has 0 atom stereocenters. The Labute approximate surface area is 122 Å². The topological polar surface area (TPSA) is 47.4 Å². The number of fused-ring (bicyclic) bond motifs is 1. The van der Waals surface area contributed by atoms with E-state index in [0.717, 1.165) is 11.0 Å². The highest BCUT2D eigenvalue weighted by atomic mass is 16.7. The van der Waals surface area contributed by atoms with Crippen LogP contribution in [0.5, 0.6) is 5.75 Å². The van der Waals surface area contributed by atoms with E-state index in [-0.39, 0.29) is 5.91 Å². The molecule has 3 aromatic rings. The Bertz CT molecular complexity index is 776. The van der Waals surface area contributed by atoms with Crippen molar-refractivity contribution in [3.05, 3.63) is 60.4 Å². The maximum atomic E-state index is 11.8. The van der Waals surface area contributed by atoms with Gasteiger partial charge >= 0.3 is 0 Å². The summed E-state index contributed by atoms with van der Waals surface area (Å²) < 4.78 is 1.61. The maximum Gasteiger partial charge on any atom is 0.253 e. The standard InChI is InChI=1S/C16H15N3O2/c1-18(2)16(20)12-7-9-13(10-8-12)21-19-11-17-14-5-3-4-6-15(14)19/h3-11H,1-2H3. The molecule has 0 bridgehead atoms. The van der Waals surface area contributed by atoms with E-state index in [4.69, 9.17) is 4.84 Å². The molecule has 0 N–H and O–H groups in total. The van der Waals surface area contributed by atoms with Crippen LogP contribution in [0.4, 0.5) is 0 Å². The van der Waals surface area contributed by atoms with E-state index in [2.05, 4.69) is 4.98 Å². The smallest absolute Gasteiger partial charge is 0.253 e. The number of amides is 1. The predicted molar refractivity (Wildman–Crippen MR) is 80.2 cm³/mol. The van der Waals surface area contributed by atoms with Crippen molar-refractivity contribution in [3.63, 3.8) is 0 Å². The summed E-state index contributed by atoms with van der Waals surface area (Å²) in [5.74, 6) is 0.614. The minimum atomic E-state index is -0.0327. The number of nitrogens with zero attached hydrogens (tertiary/aromatic N) is 3. The first-order valence-electron chi connectivity index (χ1n) is 6.57. The molecule has 0 fully saturated rings. The summed E-state index contributed by atoms with van der Waals surface area (Å²) in [6, 6.07) is 14.8. The third-order valence-electron chi connectivity index (χ3n) is 3.13. The zero-order chi connectivity index (χ0) is 14.8. The van der Waals surface area contributed by atoms with E-state index < -0.39 is 0 Å². The van der Waals surface area contributed by atoms with Gasteiger partial charge in [0.2, 0.25) is 0 Å². The molecule has 2 aromatic carbocycles. The molecule has 1 amide bonds. The number of imidazole rings is 1. The SMILES string of the molecule is CN(C)C(=O)c1ccc(On2cnc3ccccc32)cc1. The summed E-state index contributed by atoms with van der Waals surface area (Å²) in [5, 5.41) is 0. The van der Waals surface area contributed by atoms with Crippen molar-refractivity contribution in [2.75, 3.05) is 14.1 Å². The Hall–Kier alpha value is -2.82. The van der Waals surface area contributed by atoms with Crippen molar-refractivity contribution in [2.24, 2.45) is 0 Å². The van der Waals surface area contributed by atoms with E-state index in [0.29, 0.717) is 11.3 Å². The van der Waals surface area contributed by atoms with E-state index >= 15 is 0 Å². The number of benzene rings is 2. The molecule has 0 aliphatic carbocycles. The quantitative estimate of drug-likeness (QED) is 0.741. The van der Waals surface area contributed by atoms with Gasteiger partial charge in [-0.3, -0.25) is 4.79 Å². The van der Waals surface area contributed by atoms with Crippen LogP contribution in [0.3, 0.4) is 0 Å². The van der Waals surface area contributed by atoms with Crippen molar-refractivity contribution < 1.29 is 9.63 Å². The lowest BCUT2D eigenvalue weighted by atomic mass is 10.2. The highest BCUT2D eigenvalue weighted by molar-refractivity contribution is 5.93. The fraction of sp³-hybridized carbons (Fsp3) is 0.125. The normalized spacial score (nSPS) is 10.6. The molecule has 0 saturated heterocycles. The molecular formula is C16H15N3O2. The first kappa shape index (κ1) is 13.2. The van der Waals surface area contributed by atoms with Gasteiger partial charge in [-0.25, -0.2) is 4.98 Å². The average Bonchev–Trinajstić information content (AvgIpc) is 2.91. The molecule has 5 nitrogen and oxygen atoms in total. The van der Waals surface area contributed by atoms with Crippen LogP contribution in [-0.2, 0) is 0 Å². The minimum absolute atomic E-state index is 0.0327. The third-order valence-corrected chi connectivity index (χ3v) is 3.13. The van der Waals surface area contributed by atoms with Crippen molar-refractivity contribution in [1.82, 2.24) is 14.6 Å². The summed E-state index contributed by atoms with van der Waals surface area (Å²) in [5.41, 5.74) is 2.39. The third kappa shape index (κ3) is 2.58. The van der Waals surface area contributed by atoms with Gasteiger partial charge < -0.3 is 9.74 Å². The lowest BCUT2D eigenvalue weighted by molar-refractivity contribution is 0.0827. The molecule has 1 aromatic heterocycles. The first-order chi connectivity index (χ1) is 10.1. The van der Waals surface area contributed by atoms with Crippen LogP contribution in [-0.4, -0.2) is 34.6 Å². The van der Waals surface area contributed by atoms with Gasteiger partial charge in [-0.2, -0.15) is 4.73 Å². The second-order valence-electron chi connectivity index (χ2n) is 4.87. The van der Waals surface area contributed by atoms with Gasteiger partial charge in [0, 0.05) is 19.7 Å². The van der Waals surface area contributed by atoms with Crippen LogP contribution in [0.2, 0.25) is 0 Å². The van der Waals surface area contributed by atoms with E-state index in [1.807, 2.05) is 24.3 Å². The fourth-order valence-electron chi connectivity index (χ4n) is 2.04. The molecule has 106 valence electrons. The highest BCUT2D eigenvalue weighted by Gasteiger charge is 2.08. The number of para-hydroxylation sites is 2. The summed E-state index contributed by atoms with van der Waals surface area (Å²) in [7, 11) is 3.45. The highest BCUT2D eigenvalue weighted by Crippen LogP contribution is 2.17. The number of rotatable bonds is 3. The largest absolute Gasteiger partial charge is 0.374 e. The number of aromatic nitrogens is 2. The molecule has 0 spiro atoms. The Morgan fingerprint density at radius 3 is 2.52 bits per heavy atom. The van der Waals surface area contributed by atoms with Gasteiger partial charge in [-0.15, -0.1) is 0 Å². The monoisotopic (exact) mass is 281 g/mol. The van der Waals surface area contributed by atoms with Gasteiger partial charge in [0.1, 0.15) is 11.8 Å². The van der Waals surface area contributed by atoms with Crippen LogP contribution in [0.25, 0.3) is 11.0 Å². The number of carbonyl (C=O) groups excluding carboxylic acids is 1. The summed E-state index contributed by atoms with van der Waals surface area (Å²) in [6.45, 7) is 0. The van der Waals surface area contributed by atoms with Gasteiger partial charge in [0.25, 0.3) is 5.91 Å². The zero-order valence-electron chi connectivity index (χ0n) is 11.9. The molecular weight excluding hydrogens is 266 g/mol. The molecule has 0 unspecified atom stereocenters. The van der Waals surface area contributed by atoms with Crippen LogP contribution in [0.15, 0.2) is 54.9 Å². The van der Waals surface area contributed by atoms with Crippen LogP contribution in [0, 0.1) is 0 Å². The van der Waals surface area contributed by atoms with Crippen LogP contribution >= 0.6 is 0 Å². The number of carbonyl (C=O) groups is 1. The van der Waals surface area contributed by atoms with Crippen molar-refractivity contribution >= 4 is 16.9 Å². The summed E-state index contributed by atoms with van der Waals surface area (Å²) >= 11 is 0. The van der Waals surface area contributed by atoms with Crippen molar-refractivity contribution in [3.8, 4) is 5.75 Å². The van der Waals surface area contributed by atoms with Gasteiger partial charge in [0.05, 0.1) is 5.52 Å². The molecule has 3 rings (SSSR count). The number of hydrogen-bond acceptors (Lipinski definition) is 3. The zero-order valence-corrected chi connectivity index (χ0v) is 11.9. The lowest BCUT2D eigenvalue weighted by Gasteiger charge is -2.11. The molecule has 0 aliphatic heterocycles. The summed E-state index contributed by atoms with van der Waals surface area (Å²) in [6.07, 6.45) is 1.63. The van der Waals surface area contributed by atoms with Crippen LogP contribution < -0.4 is 4.84 Å². The van der Waals surface area contributed by atoms with Gasteiger partial charge in [-0.1, -0.05) is 12.1 Å². The second kappa shape index (κ2) is 5.28. The van der Waals surface area contributed by atoms with Crippen LogP contribution in [0.1, 0.15) is 10.4 Å². The molecule has 1 heterocycles. The Balaban J connectivity index is 1.84. The van der Waals surface area contributed by atoms with Gasteiger partial charge in [0.15, 0.2) is 5.75 Å². The molecule has 21 heavy (non-hydrogen) atoms. The molecule has 0 radical (unpaired) electrons. The van der Waals surface area contributed by atoms with Crippen molar-refractivity contribution in [1.29, 1.82) is 0 Å². The summed E-state index contributed by atoms with van der Waals surface area (Å²) in [4.78, 5) is 23.4. The van der Waals surface area contributed by atoms with Gasteiger partial charge in [-0.05, 0) is 36.4 Å². The number of hydrogen-bond donors (Lipinski definition) is 0. The molecule has 5 heteroatoms. The Morgan fingerprint density at radius 2 is 1.81 bits per heavy atom. The lowest BCUT2D eigenvalue weighted by Crippen LogP contribution is -2.21. The fourth-order valence-corrected chi connectivity index (χ4v) is 2.04. The van der Waals surface area contributed by atoms with Crippen molar-refractivity contribution in [2.45, 2.75) is 0 Å². The Kier molecular flexibility index (Phi) is 3.31. The second-order valence-corrected chi connectivity index (χ2v) is 4.87. The first-order valence-corrected chi connectivity index (χ1v) is 6.57. The molecule has 0 aliphatic rings. The predicted octanol–water partition coefficient (Wildman–Crippen LogP) is 2.58. The van der Waals surface area contributed by atoms with E-state index in [1.54, 1.807) is 54.3 Å². The van der Waals surface area contributed by atoms with E-state index in [9.17, 15) is 4.79 Å². The Morgan fingerprint density at radius 1 is 1.10 bits per heavy atom.